The minimum Gasteiger partial charge on any atom is -0.495 e. The highest BCUT2D eigenvalue weighted by atomic mass is 19.1. The lowest BCUT2D eigenvalue weighted by atomic mass is 10.0. The molecule has 11 heteroatoms. The van der Waals surface area contributed by atoms with Crippen molar-refractivity contribution in [2.45, 2.75) is 44.2 Å². The lowest BCUT2D eigenvalue weighted by Gasteiger charge is -2.32. The van der Waals surface area contributed by atoms with Crippen molar-refractivity contribution in [2.24, 2.45) is 0 Å². The molecule has 0 atom stereocenters. The summed E-state index contributed by atoms with van der Waals surface area (Å²) < 4.78 is 26.9. The van der Waals surface area contributed by atoms with E-state index in [1.807, 2.05) is 18.2 Å². The third-order valence-corrected chi connectivity index (χ3v) is 7.89. The summed E-state index contributed by atoms with van der Waals surface area (Å²) in [5.41, 5.74) is 1.75. The quantitative estimate of drug-likeness (QED) is 0.186. The minimum atomic E-state index is -0.491. The van der Waals surface area contributed by atoms with Crippen LogP contribution in [0.25, 0.3) is 10.9 Å². The summed E-state index contributed by atoms with van der Waals surface area (Å²) in [5.74, 6) is 2.20. The maximum Gasteiger partial charge on any atom is 0.245 e. The Morgan fingerprint density at radius 1 is 1.07 bits per heavy atom. The summed E-state index contributed by atoms with van der Waals surface area (Å²) in [6, 6.07) is 12.1. The van der Waals surface area contributed by atoms with Crippen molar-refractivity contribution in [1.29, 1.82) is 0 Å². The van der Waals surface area contributed by atoms with Gasteiger partial charge in [-0.05, 0) is 62.9 Å². The Bertz CT molecular complexity index is 1670. The van der Waals surface area contributed by atoms with Gasteiger partial charge in [0.1, 0.15) is 41.0 Å². The van der Waals surface area contributed by atoms with Gasteiger partial charge in [-0.25, -0.2) is 19.3 Å². The Hall–Kier alpha value is -4.93. The second kappa shape index (κ2) is 11.7. The average molecular weight is 584 g/mol. The number of benzene rings is 2. The Morgan fingerprint density at radius 3 is 2.58 bits per heavy atom. The molecule has 0 spiro atoms. The zero-order valence-corrected chi connectivity index (χ0v) is 24.2. The molecule has 2 aromatic heterocycles. The molecule has 222 valence electrons. The zero-order chi connectivity index (χ0) is 30.0. The van der Waals surface area contributed by atoms with Crippen LogP contribution in [0.5, 0.6) is 17.2 Å². The monoisotopic (exact) mass is 583 g/mol. The molecule has 1 aliphatic heterocycles. The Labute approximate surface area is 249 Å². The van der Waals surface area contributed by atoms with Crippen LogP contribution in [-0.2, 0) is 4.79 Å². The molecule has 2 fully saturated rings. The number of carbonyl (C=O) groups excluding carboxylic acids is 1. The number of pyridine rings is 1. The number of hydrogen-bond acceptors (Lipinski definition) is 9. The van der Waals surface area contributed by atoms with Gasteiger partial charge in [0.25, 0.3) is 0 Å². The molecule has 3 N–H and O–H groups in total. The fourth-order valence-corrected chi connectivity index (χ4v) is 5.15. The fourth-order valence-electron chi connectivity index (χ4n) is 5.15. The maximum absolute atomic E-state index is 15.3. The molecular weight excluding hydrogens is 549 g/mol. The van der Waals surface area contributed by atoms with E-state index in [1.54, 1.807) is 36.4 Å². The first-order valence-electron chi connectivity index (χ1n) is 14.3. The van der Waals surface area contributed by atoms with Crippen LogP contribution >= 0.6 is 0 Å². The molecule has 0 unspecified atom stereocenters. The van der Waals surface area contributed by atoms with Crippen LogP contribution in [0.4, 0.5) is 27.4 Å². The molecule has 43 heavy (non-hydrogen) atoms. The van der Waals surface area contributed by atoms with Gasteiger partial charge in [-0.15, -0.1) is 0 Å². The van der Waals surface area contributed by atoms with Gasteiger partial charge in [0.05, 0.1) is 24.0 Å². The van der Waals surface area contributed by atoms with Crippen molar-refractivity contribution < 1.29 is 18.7 Å². The molecule has 1 aliphatic carbocycles. The van der Waals surface area contributed by atoms with Gasteiger partial charge in [0.15, 0.2) is 0 Å². The lowest BCUT2D eigenvalue weighted by Crippen LogP contribution is -2.41. The Kier molecular flexibility index (Phi) is 7.71. The van der Waals surface area contributed by atoms with Gasteiger partial charge in [-0.1, -0.05) is 6.58 Å². The van der Waals surface area contributed by atoms with E-state index in [-0.39, 0.29) is 23.2 Å². The standard InChI is InChI=1S/C32H34FN7O3/c1-4-30(41)40-13-8-20(9-14-40)37-27-17-23-26(18-28(27)42-3)35-19-36-31(23)38-25-6-5-21(15-24(25)33)43-22-7-12-34-29(16-22)39-32(2)10-11-32/h4-7,12,15-20,37H,1,8-11,13-14H2,2-3H3,(H,34,39)(H,35,36,38). The second-order valence-corrected chi connectivity index (χ2v) is 11.2. The molecule has 10 nitrogen and oxygen atoms in total. The lowest BCUT2D eigenvalue weighted by molar-refractivity contribution is -0.126. The van der Waals surface area contributed by atoms with E-state index < -0.39 is 5.82 Å². The number of rotatable bonds is 10. The number of carbonyl (C=O) groups is 1. The molecule has 0 radical (unpaired) electrons. The van der Waals surface area contributed by atoms with Crippen LogP contribution in [0.1, 0.15) is 32.6 Å². The third-order valence-electron chi connectivity index (χ3n) is 7.89. The predicted molar refractivity (Wildman–Crippen MR) is 165 cm³/mol. The molecule has 1 amide bonds. The highest BCUT2D eigenvalue weighted by Crippen LogP contribution is 2.39. The minimum absolute atomic E-state index is 0.0523. The average Bonchev–Trinajstić information content (AvgIpc) is 3.74. The number of piperidine rings is 1. The van der Waals surface area contributed by atoms with E-state index in [0.29, 0.717) is 47.1 Å². The van der Waals surface area contributed by atoms with Gasteiger partial charge >= 0.3 is 0 Å². The molecule has 2 aliphatic rings. The zero-order valence-electron chi connectivity index (χ0n) is 24.2. The number of anilines is 4. The number of amides is 1. The Morgan fingerprint density at radius 2 is 1.86 bits per heavy atom. The van der Waals surface area contributed by atoms with Gasteiger partial charge in [0, 0.05) is 54.5 Å². The van der Waals surface area contributed by atoms with Crippen molar-refractivity contribution in [3.63, 3.8) is 0 Å². The van der Waals surface area contributed by atoms with E-state index in [0.717, 1.165) is 37.2 Å². The van der Waals surface area contributed by atoms with Crippen molar-refractivity contribution in [3.05, 3.63) is 73.5 Å². The summed E-state index contributed by atoms with van der Waals surface area (Å²) in [4.78, 5) is 26.9. The molecule has 1 saturated heterocycles. The van der Waals surface area contributed by atoms with Gasteiger partial charge in [0.2, 0.25) is 5.91 Å². The van der Waals surface area contributed by atoms with Gasteiger partial charge < -0.3 is 30.3 Å². The number of nitrogens with zero attached hydrogens (tertiary/aromatic N) is 4. The Balaban J connectivity index is 1.18. The highest BCUT2D eigenvalue weighted by molar-refractivity contribution is 5.95. The van der Waals surface area contributed by atoms with E-state index >= 15 is 4.39 Å². The molecule has 4 aromatic rings. The van der Waals surface area contributed by atoms with Gasteiger partial charge in [-0.3, -0.25) is 4.79 Å². The number of fused-ring (bicyclic) bond motifs is 1. The number of nitrogens with one attached hydrogen (secondary N) is 3. The largest absolute Gasteiger partial charge is 0.495 e. The van der Waals surface area contributed by atoms with E-state index in [2.05, 4.69) is 44.4 Å². The van der Waals surface area contributed by atoms with Crippen LogP contribution in [-0.4, -0.2) is 57.5 Å². The topological polar surface area (TPSA) is 114 Å². The first kappa shape index (κ1) is 28.2. The van der Waals surface area contributed by atoms with E-state index in [1.165, 1.54) is 18.5 Å². The molecule has 3 heterocycles. The van der Waals surface area contributed by atoms with E-state index in [9.17, 15) is 4.79 Å². The van der Waals surface area contributed by atoms with Crippen LogP contribution < -0.4 is 25.4 Å². The fraction of sp³-hybridized carbons (Fsp3) is 0.312. The maximum atomic E-state index is 15.3. The number of halogens is 1. The smallest absolute Gasteiger partial charge is 0.245 e. The SMILES string of the molecule is C=CC(=O)N1CCC(Nc2cc3c(Nc4ccc(Oc5ccnc(NC6(C)CC6)c5)cc4F)ncnc3cc2OC)CC1. The normalized spacial score (nSPS) is 15.9. The highest BCUT2D eigenvalue weighted by Gasteiger charge is 2.37. The van der Waals surface area contributed by atoms with Crippen molar-refractivity contribution in [1.82, 2.24) is 19.9 Å². The molecule has 0 bridgehead atoms. The summed E-state index contributed by atoms with van der Waals surface area (Å²) in [5, 5.41) is 10.8. The number of hydrogen-bond donors (Lipinski definition) is 3. The summed E-state index contributed by atoms with van der Waals surface area (Å²) in [6.07, 6.45) is 8.22. The summed E-state index contributed by atoms with van der Waals surface area (Å²) >= 11 is 0. The van der Waals surface area contributed by atoms with Crippen molar-refractivity contribution in [2.75, 3.05) is 36.1 Å². The molecule has 2 aromatic carbocycles. The van der Waals surface area contributed by atoms with Crippen molar-refractivity contribution >= 4 is 39.8 Å². The van der Waals surface area contributed by atoms with Crippen LogP contribution in [0, 0.1) is 5.82 Å². The van der Waals surface area contributed by atoms with E-state index in [4.69, 9.17) is 9.47 Å². The number of aromatic nitrogens is 3. The number of methoxy groups -OCH3 is 1. The molecular formula is C32H34FN7O3. The second-order valence-electron chi connectivity index (χ2n) is 11.2. The summed E-state index contributed by atoms with van der Waals surface area (Å²) in [6.45, 7) is 7.02. The molecule has 6 rings (SSSR count). The summed E-state index contributed by atoms with van der Waals surface area (Å²) in [7, 11) is 1.60. The first-order valence-corrected chi connectivity index (χ1v) is 14.3. The first-order chi connectivity index (χ1) is 20.8. The third kappa shape index (κ3) is 6.45. The van der Waals surface area contributed by atoms with Gasteiger partial charge in [-0.2, -0.15) is 0 Å². The molecule has 1 saturated carbocycles. The van der Waals surface area contributed by atoms with Crippen LogP contribution in [0.15, 0.2) is 67.6 Å². The predicted octanol–water partition coefficient (Wildman–Crippen LogP) is 6.26. The number of likely N-dealkylation sites (tertiary alicyclic amines) is 1. The number of ether oxygens (including phenoxy) is 2. The van der Waals surface area contributed by atoms with Crippen LogP contribution in [0.2, 0.25) is 0 Å². The van der Waals surface area contributed by atoms with Crippen molar-refractivity contribution in [3.8, 4) is 17.2 Å². The van der Waals surface area contributed by atoms with Crippen LogP contribution in [0.3, 0.4) is 0 Å².